The fourth-order valence-corrected chi connectivity index (χ4v) is 7.15. The van der Waals surface area contributed by atoms with Crippen LogP contribution in [0.1, 0.15) is 226 Å². The summed E-state index contributed by atoms with van der Waals surface area (Å²) in [5.41, 5.74) is 0. The van der Waals surface area contributed by atoms with Gasteiger partial charge < -0.3 is 14.2 Å². The Hall–Kier alpha value is -4.19. The highest BCUT2D eigenvalue weighted by atomic mass is 16.6. The fourth-order valence-electron chi connectivity index (χ4n) is 7.15. The van der Waals surface area contributed by atoms with E-state index in [1.54, 1.807) is 0 Å². The number of rotatable bonds is 47. The molecule has 0 aliphatic rings. The van der Waals surface area contributed by atoms with Crippen LogP contribution in [0.4, 0.5) is 0 Å². The number of carbonyl (C=O) groups is 3. The third-order valence-electron chi connectivity index (χ3n) is 11.2. The molecule has 0 fully saturated rings. The van der Waals surface area contributed by atoms with E-state index >= 15 is 0 Å². The first-order chi connectivity index (χ1) is 33.0. The lowest BCUT2D eigenvalue weighted by molar-refractivity contribution is -0.167. The van der Waals surface area contributed by atoms with Crippen molar-refractivity contribution in [3.63, 3.8) is 0 Å². The molecule has 0 N–H and O–H groups in total. The number of hydrogen-bond acceptors (Lipinski definition) is 6. The fraction of sp³-hybridized carbons (Fsp3) is 0.623. The molecule has 0 spiro atoms. The summed E-state index contributed by atoms with van der Waals surface area (Å²) in [4.78, 5) is 38.1. The Kier molecular flexibility index (Phi) is 51.0. The highest BCUT2D eigenvalue weighted by Crippen LogP contribution is 2.15. The van der Waals surface area contributed by atoms with Gasteiger partial charge in [-0.05, 0) is 70.6 Å². The molecular formula is C61H98O6. The van der Waals surface area contributed by atoms with Crippen molar-refractivity contribution in [2.24, 2.45) is 0 Å². The Morgan fingerprint density at radius 3 is 1.10 bits per heavy atom. The summed E-state index contributed by atoms with van der Waals surface area (Å²) in [7, 11) is 0. The van der Waals surface area contributed by atoms with E-state index in [9.17, 15) is 14.4 Å². The van der Waals surface area contributed by atoms with E-state index in [1.807, 2.05) is 72.9 Å². The van der Waals surface area contributed by atoms with Gasteiger partial charge in [0.1, 0.15) is 13.2 Å². The average molecular weight is 927 g/mol. The second-order valence-electron chi connectivity index (χ2n) is 17.6. The van der Waals surface area contributed by atoms with Crippen molar-refractivity contribution in [2.45, 2.75) is 232 Å². The zero-order valence-electron chi connectivity index (χ0n) is 43.1. The molecule has 378 valence electrons. The molecule has 0 aliphatic carbocycles. The van der Waals surface area contributed by atoms with Gasteiger partial charge in [0.25, 0.3) is 0 Å². The smallest absolute Gasteiger partial charge is 0.306 e. The van der Waals surface area contributed by atoms with E-state index in [2.05, 4.69) is 69.4 Å². The standard InChI is InChI=1S/C61H98O6/c1-4-7-10-13-16-19-22-25-28-30-31-32-34-36-39-42-45-48-51-54-60(63)66-57-58(56-65-59(62)53-50-47-44-41-38-35-27-24-21-18-15-12-9-6-3)67-61(64)55-52-49-46-43-40-37-33-29-26-23-20-17-14-11-8-5-2/h7-8,10-11,13,16-17,19-20,22,25-26,28-32,34,36,39,58H,4-6,9,12,14-15,18,21,23-24,27,33,35,37-38,40-57H2,1-3H3/b10-7-,11-8-,16-13-,20-17-,22-19-,28-25-,29-26-,31-30+,34-32-,39-36-. The highest BCUT2D eigenvalue weighted by Gasteiger charge is 2.19. The largest absolute Gasteiger partial charge is 0.462 e. The molecule has 0 aromatic rings. The van der Waals surface area contributed by atoms with Gasteiger partial charge in [-0.1, -0.05) is 258 Å². The number of unbranched alkanes of at least 4 members (excludes halogenated alkanes) is 22. The van der Waals surface area contributed by atoms with E-state index in [4.69, 9.17) is 14.2 Å². The molecule has 0 aromatic heterocycles. The predicted octanol–water partition coefficient (Wildman–Crippen LogP) is 18.1. The summed E-state index contributed by atoms with van der Waals surface area (Å²) >= 11 is 0. The summed E-state index contributed by atoms with van der Waals surface area (Å²) in [6.45, 7) is 6.33. The van der Waals surface area contributed by atoms with Gasteiger partial charge in [0.15, 0.2) is 6.10 Å². The normalized spacial score (nSPS) is 13.1. The Morgan fingerprint density at radius 1 is 0.328 bits per heavy atom. The summed E-state index contributed by atoms with van der Waals surface area (Å²) in [6.07, 6.45) is 74.6. The van der Waals surface area contributed by atoms with E-state index < -0.39 is 6.10 Å². The third kappa shape index (κ3) is 52.6. The van der Waals surface area contributed by atoms with Crippen molar-refractivity contribution < 1.29 is 28.6 Å². The zero-order valence-corrected chi connectivity index (χ0v) is 43.1. The number of esters is 3. The van der Waals surface area contributed by atoms with Crippen LogP contribution in [0, 0.1) is 0 Å². The van der Waals surface area contributed by atoms with Crippen LogP contribution in [0.25, 0.3) is 0 Å². The van der Waals surface area contributed by atoms with E-state index in [1.165, 1.54) is 83.5 Å². The minimum absolute atomic E-state index is 0.0998. The van der Waals surface area contributed by atoms with Gasteiger partial charge in [-0.2, -0.15) is 0 Å². The van der Waals surface area contributed by atoms with Crippen LogP contribution in [-0.4, -0.2) is 37.2 Å². The van der Waals surface area contributed by atoms with Gasteiger partial charge in [-0.25, -0.2) is 0 Å². The van der Waals surface area contributed by atoms with Gasteiger partial charge in [0.05, 0.1) is 0 Å². The molecule has 0 rings (SSSR count). The summed E-state index contributed by atoms with van der Waals surface area (Å²) in [6, 6.07) is 0. The van der Waals surface area contributed by atoms with Crippen LogP contribution >= 0.6 is 0 Å². The van der Waals surface area contributed by atoms with Gasteiger partial charge in [0, 0.05) is 19.3 Å². The second kappa shape index (κ2) is 54.4. The van der Waals surface area contributed by atoms with Gasteiger partial charge in [-0.3, -0.25) is 14.4 Å². The average Bonchev–Trinajstić information content (AvgIpc) is 3.33. The summed E-state index contributed by atoms with van der Waals surface area (Å²) in [5.74, 6) is -0.962. The minimum Gasteiger partial charge on any atom is -0.462 e. The van der Waals surface area contributed by atoms with Gasteiger partial charge >= 0.3 is 17.9 Å². The number of hydrogen-bond donors (Lipinski definition) is 0. The predicted molar refractivity (Wildman–Crippen MR) is 288 cm³/mol. The number of carbonyl (C=O) groups excluding carboxylic acids is 3. The zero-order chi connectivity index (χ0) is 48.6. The molecule has 1 unspecified atom stereocenters. The molecule has 0 amide bonds. The number of allylic oxidation sites excluding steroid dienone is 20. The van der Waals surface area contributed by atoms with Crippen LogP contribution in [0.5, 0.6) is 0 Å². The lowest BCUT2D eigenvalue weighted by Gasteiger charge is -2.18. The van der Waals surface area contributed by atoms with Gasteiger partial charge in [-0.15, -0.1) is 0 Å². The van der Waals surface area contributed by atoms with Crippen molar-refractivity contribution in [3.05, 3.63) is 122 Å². The lowest BCUT2D eigenvalue weighted by Crippen LogP contribution is -2.30. The molecule has 1 atom stereocenters. The molecule has 0 heterocycles. The summed E-state index contributed by atoms with van der Waals surface area (Å²) < 4.78 is 16.8. The maximum atomic E-state index is 12.8. The van der Waals surface area contributed by atoms with E-state index in [0.29, 0.717) is 19.3 Å². The Bertz CT molecular complexity index is 1440. The van der Waals surface area contributed by atoms with Crippen LogP contribution < -0.4 is 0 Å². The molecule has 67 heavy (non-hydrogen) atoms. The van der Waals surface area contributed by atoms with Crippen molar-refractivity contribution in [3.8, 4) is 0 Å². The van der Waals surface area contributed by atoms with Crippen molar-refractivity contribution in [2.75, 3.05) is 13.2 Å². The van der Waals surface area contributed by atoms with Crippen molar-refractivity contribution in [1.82, 2.24) is 0 Å². The first-order valence-corrected chi connectivity index (χ1v) is 27.1. The SMILES string of the molecule is CC\C=C/C=C\C=C/C=C\C=C\C=C/C=C\CCCCCC(=O)OCC(COC(=O)CCCCCCCCCCCCCCCC)OC(=O)CCCCCCCC/C=C\C/C=C\C/C=C\CC. The molecule has 0 bridgehead atoms. The molecule has 0 saturated carbocycles. The monoisotopic (exact) mass is 927 g/mol. The van der Waals surface area contributed by atoms with Crippen molar-refractivity contribution >= 4 is 17.9 Å². The van der Waals surface area contributed by atoms with Crippen LogP contribution in [-0.2, 0) is 28.6 Å². The number of ether oxygens (including phenoxy) is 3. The second-order valence-corrected chi connectivity index (χ2v) is 17.6. The highest BCUT2D eigenvalue weighted by molar-refractivity contribution is 5.71. The first kappa shape index (κ1) is 62.8. The van der Waals surface area contributed by atoms with E-state index in [-0.39, 0.29) is 31.1 Å². The van der Waals surface area contributed by atoms with Crippen LogP contribution in [0.2, 0.25) is 0 Å². The molecule has 6 nitrogen and oxygen atoms in total. The topological polar surface area (TPSA) is 78.9 Å². The Balaban J connectivity index is 4.52. The van der Waals surface area contributed by atoms with E-state index in [0.717, 1.165) is 103 Å². The maximum Gasteiger partial charge on any atom is 0.306 e. The minimum atomic E-state index is -0.806. The third-order valence-corrected chi connectivity index (χ3v) is 11.2. The first-order valence-electron chi connectivity index (χ1n) is 27.1. The quantitative estimate of drug-likeness (QED) is 0.0199. The molecule has 0 saturated heterocycles. The summed E-state index contributed by atoms with van der Waals surface area (Å²) in [5, 5.41) is 0. The Morgan fingerprint density at radius 2 is 0.657 bits per heavy atom. The molecule has 0 aromatic carbocycles. The van der Waals surface area contributed by atoms with Gasteiger partial charge in [0.2, 0.25) is 0 Å². The molecule has 0 aliphatic heterocycles. The van der Waals surface area contributed by atoms with Crippen molar-refractivity contribution in [1.29, 1.82) is 0 Å². The van der Waals surface area contributed by atoms with Crippen LogP contribution in [0.15, 0.2) is 122 Å². The molecule has 0 radical (unpaired) electrons. The molecule has 6 heteroatoms. The Labute approximate surface area is 412 Å². The lowest BCUT2D eigenvalue weighted by atomic mass is 10.0. The maximum absolute atomic E-state index is 12.8. The van der Waals surface area contributed by atoms with Crippen LogP contribution in [0.3, 0.4) is 0 Å². The molecular weight excluding hydrogens is 829 g/mol.